The molecule has 13 heavy (non-hydrogen) atoms. The third kappa shape index (κ3) is 2.38. The van der Waals surface area contributed by atoms with Crippen LogP contribution in [-0.2, 0) is 5.54 Å². The van der Waals surface area contributed by atoms with Crippen LogP contribution in [0.3, 0.4) is 0 Å². The molecule has 4 heteroatoms. The molecule has 1 fully saturated rings. The molecular formula is C9H10BrCl2N. The highest BCUT2D eigenvalue weighted by atomic mass is 79.9. The quantitative estimate of drug-likeness (QED) is 0.839. The Balaban J connectivity index is 0.000000845. The van der Waals surface area contributed by atoms with Gasteiger partial charge in [-0.3, -0.25) is 0 Å². The fourth-order valence-corrected chi connectivity index (χ4v) is 2.12. The smallest absolute Gasteiger partial charge is 0.0420 e. The minimum absolute atomic E-state index is 0. The Bertz CT molecular complexity index is 303. The second kappa shape index (κ2) is 3.77. The summed E-state index contributed by atoms with van der Waals surface area (Å²) in [6.45, 7) is 0. The van der Waals surface area contributed by atoms with Crippen LogP contribution in [-0.4, -0.2) is 0 Å². The van der Waals surface area contributed by atoms with Gasteiger partial charge in [0.2, 0.25) is 0 Å². The van der Waals surface area contributed by atoms with E-state index < -0.39 is 0 Å². The Morgan fingerprint density at radius 1 is 1.31 bits per heavy atom. The average molecular weight is 283 g/mol. The van der Waals surface area contributed by atoms with Crippen molar-refractivity contribution in [3.05, 3.63) is 33.3 Å². The Labute approximate surface area is 97.2 Å². The minimum Gasteiger partial charge on any atom is -0.321 e. The highest BCUT2D eigenvalue weighted by Gasteiger charge is 2.40. The molecule has 2 N–H and O–H groups in total. The maximum atomic E-state index is 6.03. The van der Waals surface area contributed by atoms with E-state index in [2.05, 4.69) is 15.9 Å². The molecule has 2 rings (SSSR count). The van der Waals surface area contributed by atoms with Crippen molar-refractivity contribution < 1.29 is 0 Å². The fraction of sp³-hybridized carbons (Fsp3) is 0.333. The van der Waals surface area contributed by atoms with Crippen molar-refractivity contribution in [3.63, 3.8) is 0 Å². The molecule has 0 heterocycles. The third-order valence-electron chi connectivity index (χ3n) is 2.23. The second-order valence-electron chi connectivity index (χ2n) is 3.31. The van der Waals surface area contributed by atoms with Gasteiger partial charge in [0.25, 0.3) is 0 Å². The van der Waals surface area contributed by atoms with E-state index in [1.54, 1.807) is 0 Å². The van der Waals surface area contributed by atoms with Gasteiger partial charge in [-0.05, 0) is 36.6 Å². The molecule has 0 saturated heterocycles. The van der Waals surface area contributed by atoms with E-state index in [-0.39, 0.29) is 17.9 Å². The normalized spacial score (nSPS) is 17.8. The van der Waals surface area contributed by atoms with Crippen LogP contribution in [0.1, 0.15) is 18.4 Å². The largest absolute Gasteiger partial charge is 0.321 e. The summed E-state index contributed by atoms with van der Waals surface area (Å²) in [7, 11) is 0. The summed E-state index contributed by atoms with van der Waals surface area (Å²) in [5.74, 6) is 0. The van der Waals surface area contributed by atoms with Crippen molar-refractivity contribution in [3.8, 4) is 0 Å². The summed E-state index contributed by atoms with van der Waals surface area (Å²) < 4.78 is 1.00. The molecule has 0 amide bonds. The molecule has 0 aliphatic heterocycles. The zero-order valence-electron chi connectivity index (χ0n) is 6.89. The first-order valence-corrected chi connectivity index (χ1v) is 5.03. The van der Waals surface area contributed by atoms with Crippen LogP contribution in [0.4, 0.5) is 0 Å². The minimum atomic E-state index is -0.0899. The van der Waals surface area contributed by atoms with Gasteiger partial charge in [-0.2, -0.15) is 0 Å². The predicted molar refractivity (Wildman–Crippen MR) is 61.5 cm³/mol. The highest BCUT2D eigenvalue weighted by molar-refractivity contribution is 9.10. The van der Waals surface area contributed by atoms with E-state index in [0.29, 0.717) is 0 Å². The molecule has 0 aromatic heterocycles. The molecule has 1 aromatic rings. The van der Waals surface area contributed by atoms with Crippen molar-refractivity contribution in [2.75, 3.05) is 0 Å². The molecule has 1 aromatic carbocycles. The van der Waals surface area contributed by atoms with E-state index in [1.807, 2.05) is 18.2 Å². The Morgan fingerprint density at radius 2 is 1.92 bits per heavy atom. The van der Waals surface area contributed by atoms with Gasteiger partial charge in [0.1, 0.15) is 0 Å². The van der Waals surface area contributed by atoms with Crippen molar-refractivity contribution >= 4 is 39.9 Å². The average Bonchev–Trinajstić information content (AvgIpc) is 2.67. The van der Waals surface area contributed by atoms with Crippen LogP contribution < -0.4 is 5.73 Å². The van der Waals surface area contributed by atoms with E-state index in [4.69, 9.17) is 17.3 Å². The van der Waals surface area contributed by atoms with Crippen LogP contribution in [0.25, 0.3) is 0 Å². The molecule has 1 aliphatic carbocycles. The first-order chi connectivity index (χ1) is 5.60. The Hall–Kier alpha value is 0.240. The molecule has 72 valence electrons. The van der Waals surface area contributed by atoms with Gasteiger partial charge in [0, 0.05) is 15.0 Å². The molecular weight excluding hydrogens is 273 g/mol. The summed E-state index contributed by atoms with van der Waals surface area (Å²) >= 11 is 9.29. The lowest BCUT2D eigenvalue weighted by Crippen LogP contribution is -2.18. The first kappa shape index (κ1) is 11.3. The van der Waals surface area contributed by atoms with Gasteiger partial charge in [0.05, 0.1) is 0 Å². The lowest BCUT2D eigenvalue weighted by Gasteiger charge is -2.09. The topological polar surface area (TPSA) is 26.0 Å². The molecule has 1 aliphatic rings. The maximum Gasteiger partial charge on any atom is 0.0420 e. The molecule has 0 atom stereocenters. The molecule has 1 nitrogen and oxygen atoms in total. The van der Waals surface area contributed by atoms with E-state index in [0.717, 1.165) is 27.9 Å². The summed E-state index contributed by atoms with van der Waals surface area (Å²) in [4.78, 5) is 0. The van der Waals surface area contributed by atoms with Crippen LogP contribution in [0.2, 0.25) is 5.02 Å². The summed E-state index contributed by atoms with van der Waals surface area (Å²) in [6.07, 6.45) is 2.14. The van der Waals surface area contributed by atoms with E-state index in [1.165, 1.54) is 0 Å². The standard InChI is InChI=1S/C9H9BrClN.ClH/c10-7-3-6(4-8(11)5-7)9(12)1-2-9;/h3-5H,1-2,12H2;1H. The van der Waals surface area contributed by atoms with Crippen molar-refractivity contribution in [2.45, 2.75) is 18.4 Å². The second-order valence-corrected chi connectivity index (χ2v) is 4.67. The summed E-state index contributed by atoms with van der Waals surface area (Å²) in [5, 5.41) is 0.746. The number of hydrogen-bond donors (Lipinski definition) is 1. The van der Waals surface area contributed by atoms with Gasteiger partial charge < -0.3 is 5.73 Å². The van der Waals surface area contributed by atoms with Crippen molar-refractivity contribution in [2.24, 2.45) is 5.73 Å². The third-order valence-corrected chi connectivity index (χ3v) is 2.90. The van der Waals surface area contributed by atoms with Crippen LogP contribution in [0.5, 0.6) is 0 Å². The number of halogens is 3. The Morgan fingerprint density at radius 3 is 2.38 bits per heavy atom. The van der Waals surface area contributed by atoms with Crippen LogP contribution in [0.15, 0.2) is 22.7 Å². The number of benzene rings is 1. The highest BCUT2D eigenvalue weighted by Crippen LogP contribution is 2.43. The molecule has 0 unspecified atom stereocenters. The monoisotopic (exact) mass is 281 g/mol. The van der Waals surface area contributed by atoms with E-state index in [9.17, 15) is 0 Å². The van der Waals surface area contributed by atoms with Crippen molar-refractivity contribution in [1.29, 1.82) is 0 Å². The number of rotatable bonds is 1. The molecule has 0 bridgehead atoms. The van der Waals surface area contributed by atoms with Gasteiger partial charge >= 0.3 is 0 Å². The molecule has 1 saturated carbocycles. The first-order valence-electron chi connectivity index (χ1n) is 3.86. The fourth-order valence-electron chi connectivity index (χ4n) is 1.26. The Kier molecular flexibility index (Phi) is 3.29. The molecule has 0 radical (unpaired) electrons. The van der Waals surface area contributed by atoms with Gasteiger partial charge in [-0.25, -0.2) is 0 Å². The van der Waals surface area contributed by atoms with Gasteiger partial charge in [-0.15, -0.1) is 12.4 Å². The zero-order valence-corrected chi connectivity index (χ0v) is 10.0. The lowest BCUT2D eigenvalue weighted by atomic mass is 10.1. The number of nitrogens with two attached hydrogens (primary N) is 1. The van der Waals surface area contributed by atoms with Crippen LogP contribution >= 0.6 is 39.9 Å². The van der Waals surface area contributed by atoms with Crippen molar-refractivity contribution in [1.82, 2.24) is 0 Å². The SMILES string of the molecule is Cl.NC1(c2cc(Cl)cc(Br)c2)CC1. The van der Waals surface area contributed by atoms with Crippen LogP contribution in [0, 0.1) is 0 Å². The lowest BCUT2D eigenvalue weighted by molar-refractivity contribution is 0.739. The maximum absolute atomic E-state index is 6.03. The molecule has 0 spiro atoms. The predicted octanol–water partition coefficient (Wildman–Crippen LogP) is 3.47. The zero-order chi connectivity index (χ0) is 8.77. The van der Waals surface area contributed by atoms with Gasteiger partial charge in [0.15, 0.2) is 0 Å². The summed E-state index contributed by atoms with van der Waals surface area (Å²) in [5.41, 5.74) is 7.08. The van der Waals surface area contributed by atoms with E-state index >= 15 is 0 Å². The van der Waals surface area contributed by atoms with Gasteiger partial charge in [-0.1, -0.05) is 27.5 Å². The summed E-state index contributed by atoms with van der Waals surface area (Å²) in [6, 6.07) is 5.86. The number of hydrogen-bond acceptors (Lipinski definition) is 1.